The van der Waals surface area contributed by atoms with Gasteiger partial charge >= 0.3 is 0 Å². The van der Waals surface area contributed by atoms with Crippen LogP contribution in [0.2, 0.25) is 0 Å². The fourth-order valence-corrected chi connectivity index (χ4v) is 5.70. The van der Waals surface area contributed by atoms with Crippen LogP contribution in [0.25, 0.3) is 21.3 Å². The van der Waals surface area contributed by atoms with Crippen LogP contribution in [0, 0.1) is 6.92 Å². The number of anilines is 1. The molecule has 5 aromatic rings. The molecule has 2 heterocycles. The number of amides is 1. The first-order valence-corrected chi connectivity index (χ1v) is 13.1. The molecule has 2 aromatic heterocycles. The number of thioether (sulfide) groups is 1. The van der Waals surface area contributed by atoms with Crippen molar-refractivity contribution in [3.63, 3.8) is 0 Å². The van der Waals surface area contributed by atoms with Crippen molar-refractivity contribution in [1.29, 1.82) is 0 Å². The standard InChI is InChI=1S/C28H23N3O3S2/c1-17-23(19-9-5-3-6-10-19)24-26(33)30-28(31-27(24)35-17)36-18(2)25(32)29-20-13-15-22(16-14-20)34-21-11-7-4-8-12-21/h3-16,18H,1-2H3,(H,29,32)(H,30,31,33). The molecule has 1 unspecified atom stereocenters. The molecule has 2 N–H and O–H groups in total. The molecule has 0 fully saturated rings. The van der Waals surface area contributed by atoms with Crippen molar-refractivity contribution >= 4 is 44.9 Å². The van der Waals surface area contributed by atoms with Gasteiger partial charge in [0.2, 0.25) is 5.91 Å². The Labute approximate surface area is 216 Å². The Morgan fingerprint density at radius 2 is 1.61 bits per heavy atom. The summed E-state index contributed by atoms with van der Waals surface area (Å²) in [4.78, 5) is 35.0. The normalized spacial score (nSPS) is 11.8. The minimum absolute atomic E-state index is 0.188. The van der Waals surface area contributed by atoms with Crippen molar-refractivity contribution < 1.29 is 9.53 Å². The summed E-state index contributed by atoms with van der Waals surface area (Å²) in [5, 5.41) is 3.44. The number of carbonyl (C=O) groups excluding carboxylic acids is 1. The maximum Gasteiger partial charge on any atom is 0.260 e. The SMILES string of the molecule is Cc1sc2nc(SC(C)C(=O)Nc3ccc(Oc4ccccc4)cc3)[nH]c(=O)c2c1-c1ccccc1. The summed E-state index contributed by atoms with van der Waals surface area (Å²) in [6.07, 6.45) is 0. The predicted molar refractivity (Wildman–Crippen MR) is 147 cm³/mol. The minimum Gasteiger partial charge on any atom is -0.457 e. The molecule has 0 bridgehead atoms. The van der Waals surface area contributed by atoms with Gasteiger partial charge in [-0.05, 0) is 55.8 Å². The third-order valence-electron chi connectivity index (χ3n) is 5.54. The Morgan fingerprint density at radius 1 is 0.972 bits per heavy atom. The lowest BCUT2D eigenvalue weighted by Crippen LogP contribution is -2.23. The first-order valence-electron chi connectivity index (χ1n) is 11.4. The first kappa shape index (κ1) is 23.8. The molecule has 8 heteroatoms. The Morgan fingerprint density at radius 3 is 2.31 bits per heavy atom. The van der Waals surface area contributed by atoms with E-state index in [1.807, 2.05) is 67.6 Å². The van der Waals surface area contributed by atoms with Crippen LogP contribution in [0.3, 0.4) is 0 Å². The number of thiophene rings is 1. The molecule has 0 saturated carbocycles. The van der Waals surface area contributed by atoms with Crippen LogP contribution in [0.4, 0.5) is 5.69 Å². The summed E-state index contributed by atoms with van der Waals surface area (Å²) in [5.41, 5.74) is 2.35. The molecule has 0 aliphatic carbocycles. The summed E-state index contributed by atoms with van der Waals surface area (Å²) in [6, 6.07) is 26.5. The topological polar surface area (TPSA) is 84.1 Å². The number of nitrogens with zero attached hydrogens (tertiary/aromatic N) is 1. The molecule has 5 rings (SSSR count). The van der Waals surface area contributed by atoms with Crippen LogP contribution in [-0.2, 0) is 4.79 Å². The average molecular weight is 514 g/mol. The molecular weight excluding hydrogens is 490 g/mol. The average Bonchev–Trinajstić information content (AvgIpc) is 3.22. The van der Waals surface area contributed by atoms with E-state index in [1.165, 1.54) is 23.1 Å². The van der Waals surface area contributed by atoms with Gasteiger partial charge in [0.05, 0.1) is 10.6 Å². The van der Waals surface area contributed by atoms with Crippen molar-refractivity contribution in [1.82, 2.24) is 9.97 Å². The van der Waals surface area contributed by atoms with Crippen molar-refractivity contribution in [2.45, 2.75) is 24.3 Å². The van der Waals surface area contributed by atoms with Crippen LogP contribution < -0.4 is 15.6 Å². The maximum absolute atomic E-state index is 13.0. The Bertz CT molecular complexity index is 1560. The molecule has 1 atom stereocenters. The summed E-state index contributed by atoms with van der Waals surface area (Å²) < 4.78 is 5.79. The smallest absolute Gasteiger partial charge is 0.260 e. The number of rotatable bonds is 7. The lowest BCUT2D eigenvalue weighted by molar-refractivity contribution is -0.115. The van der Waals surface area contributed by atoms with Gasteiger partial charge in [-0.15, -0.1) is 11.3 Å². The third kappa shape index (κ3) is 5.19. The number of fused-ring (bicyclic) bond motifs is 1. The van der Waals surface area contributed by atoms with Crippen molar-refractivity contribution in [2.24, 2.45) is 0 Å². The zero-order chi connectivity index (χ0) is 25.1. The molecule has 0 aliphatic rings. The summed E-state index contributed by atoms with van der Waals surface area (Å²) >= 11 is 2.70. The molecule has 0 spiro atoms. The van der Waals surface area contributed by atoms with Gasteiger partial charge in [0.15, 0.2) is 5.16 Å². The van der Waals surface area contributed by atoms with Gasteiger partial charge in [0.25, 0.3) is 5.56 Å². The molecule has 180 valence electrons. The van der Waals surface area contributed by atoms with Crippen LogP contribution in [0.5, 0.6) is 11.5 Å². The second-order valence-electron chi connectivity index (χ2n) is 8.14. The molecule has 0 saturated heterocycles. The minimum atomic E-state index is -0.472. The highest BCUT2D eigenvalue weighted by Crippen LogP contribution is 2.36. The molecule has 0 radical (unpaired) electrons. The highest BCUT2D eigenvalue weighted by atomic mass is 32.2. The van der Waals surface area contributed by atoms with Crippen molar-refractivity contribution in [2.75, 3.05) is 5.32 Å². The number of aromatic amines is 1. The second kappa shape index (κ2) is 10.4. The van der Waals surface area contributed by atoms with E-state index in [2.05, 4.69) is 15.3 Å². The van der Waals surface area contributed by atoms with Gasteiger partial charge in [0.1, 0.15) is 16.3 Å². The summed E-state index contributed by atoms with van der Waals surface area (Å²) in [6.45, 7) is 3.78. The number of H-pyrrole nitrogens is 1. The lowest BCUT2D eigenvalue weighted by atomic mass is 10.0. The molecule has 36 heavy (non-hydrogen) atoms. The second-order valence-corrected chi connectivity index (χ2v) is 10.7. The van der Waals surface area contributed by atoms with Crippen LogP contribution in [-0.4, -0.2) is 21.1 Å². The Balaban J connectivity index is 1.28. The van der Waals surface area contributed by atoms with Gasteiger partial charge in [-0.2, -0.15) is 0 Å². The van der Waals surface area contributed by atoms with Crippen molar-refractivity contribution in [3.05, 3.63) is 100 Å². The highest BCUT2D eigenvalue weighted by molar-refractivity contribution is 8.00. The van der Waals surface area contributed by atoms with E-state index in [4.69, 9.17) is 4.74 Å². The highest BCUT2D eigenvalue weighted by Gasteiger charge is 2.20. The number of carbonyl (C=O) groups is 1. The van der Waals surface area contributed by atoms with Gasteiger partial charge in [0, 0.05) is 16.1 Å². The van der Waals surface area contributed by atoms with E-state index >= 15 is 0 Å². The zero-order valence-electron chi connectivity index (χ0n) is 19.6. The fourth-order valence-electron chi connectivity index (χ4n) is 3.80. The molecule has 3 aromatic carbocycles. The number of aromatic nitrogens is 2. The van der Waals surface area contributed by atoms with Gasteiger partial charge in [-0.3, -0.25) is 9.59 Å². The van der Waals surface area contributed by atoms with Crippen LogP contribution in [0.1, 0.15) is 11.8 Å². The van der Waals surface area contributed by atoms with E-state index in [0.717, 1.165) is 21.8 Å². The summed E-state index contributed by atoms with van der Waals surface area (Å²) in [7, 11) is 0. The molecule has 6 nitrogen and oxygen atoms in total. The van der Waals surface area contributed by atoms with E-state index in [1.54, 1.807) is 31.2 Å². The van der Waals surface area contributed by atoms with E-state index in [0.29, 0.717) is 26.8 Å². The van der Waals surface area contributed by atoms with Crippen LogP contribution in [0.15, 0.2) is 94.9 Å². The number of ether oxygens (including phenoxy) is 1. The monoisotopic (exact) mass is 513 g/mol. The number of nitrogens with one attached hydrogen (secondary N) is 2. The number of hydrogen-bond donors (Lipinski definition) is 2. The van der Waals surface area contributed by atoms with Gasteiger partial charge in [-0.25, -0.2) is 4.98 Å². The van der Waals surface area contributed by atoms with E-state index < -0.39 is 5.25 Å². The largest absolute Gasteiger partial charge is 0.457 e. The molecule has 0 aliphatic heterocycles. The Hall–Kier alpha value is -3.88. The van der Waals surface area contributed by atoms with Crippen LogP contribution >= 0.6 is 23.1 Å². The van der Waals surface area contributed by atoms with Gasteiger partial charge in [-0.1, -0.05) is 60.3 Å². The first-order chi connectivity index (χ1) is 17.5. The summed E-state index contributed by atoms with van der Waals surface area (Å²) in [5.74, 6) is 1.24. The number of hydrogen-bond acceptors (Lipinski definition) is 6. The Kier molecular flexibility index (Phi) is 6.88. The zero-order valence-corrected chi connectivity index (χ0v) is 21.3. The fraction of sp³-hybridized carbons (Fsp3) is 0.107. The number of benzene rings is 3. The number of para-hydroxylation sites is 1. The quantitative estimate of drug-likeness (QED) is 0.183. The predicted octanol–water partition coefficient (Wildman–Crippen LogP) is 6.87. The number of aryl methyl sites for hydroxylation is 1. The van der Waals surface area contributed by atoms with E-state index in [9.17, 15) is 9.59 Å². The van der Waals surface area contributed by atoms with Crippen molar-refractivity contribution in [3.8, 4) is 22.6 Å². The molecule has 1 amide bonds. The maximum atomic E-state index is 13.0. The molecular formula is C28H23N3O3S2. The lowest BCUT2D eigenvalue weighted by Gasteiger charge is -2.12. The third-order valence-corrected chi connectivity index (χ3v) is 7.52. The van der Waals surface area contributed by atoms with Gasteiger partial charge < -0.3 is 15.0 Å². The van der Waals surface area contributed by atoms with E-state index in [-0.39, 0.29) is 11.5 Å².